The molecule has 4 nitrogen and oxygen atoms in total. The van der Waals surface area contributed by atoms with E-state index in [1.54, 1.807) is 6.07 Å². The molecule has 1 aromatic heterocycles. The Morgan fingerprint density at radius 3 is 2.65 bits per heavy atom. The van der Waals surface area contributed by atoms with E-state index in [0.717, 1.165) is 18.5 Å². The second kappa shape index (κ2) is 5.13. The number of aliphatic hydroxyl groups excluding tert-OH is 1. The highest BCUT2D eigenvalue weighted by molar-refractivity contribution is 5.94. The van der Waals surface area contributed by atoms with Crippen LogP contribution in [-0.2, 0) is 0 Å². The topological polar surface area (TPSA) is 54.3 Å². The van der Waals surface area contributed by atoms with Gasteiger partial charge in [-0.3, -0.25) is 4.79 Å². The van der Waals surface area contributed by atoms with E-state index < -0.39 is 0 Å². The quantitative estimate of drug-likeness (QED) is 0.873. The van der Waals surface area contributed by atoms with E-state index in [-0.39, 0.29) is 17.9 Å². The van der Waals surface area contributed by atoms with Crippen LogP contribution in [0.2, 0.25) is 0 Å². The minimum atomic E-state index is -0.0845. The van der Waals surface area contributed by atoms with Gasteiger partial charge in [-0.05, 0) is 43.2 Å². The molecule has 1 aliphatic carbocycles. The van der Waals surface area contributed by atoms with Crippen LogP contribution in [0.15, 0.2) is 48.8 Å². The molecule has 1 fully saturated rings. The van der Waals surface area contributed by atoms with Crippen LogP contribution in [0.1, 0.15) is 23.2 Å². The Hall–Kier alpha value is -2.07. The lowest BCUT2D eigenvalue weighted by molar-refractivity contribution is 0.0935. The number of aromatic nitrogens is 1. The zero-order chi connectivity index (χ0) is 14.0. The van der Waals surface area contributed by atoms with Gasteiger partial charge in [0.2, 0.25) is 0 Å². The molecule has 0 unspecified atom stereocenters. The van der Waals surface area contributed by atoms with Crippen molar-refractivity contribution >= 4 is 5.91 Å². The van der Waals surface area contributed by atoms with Crippen LogP contribution in [0.4, 0.5) is 0 Å². The molecule has 104 valence electrons. The average molecular weight is 270 g/mol. The summed E-state index contributed by atoms with van der Waals surface area (Å²) < 4.78 is 1.97. The molecule has 0 saturated heterocycles. The highest BCUT2D eigenvalue weighted by atomic mass is 16.3. The highest BCUT2D eigenvalue weighted by Crippen LogP contribution is 2.44. The summed E-state index contributed by atoms with van der Waals surface area (Å²) in [5.41, 5.74) is 1.55. The number of nitrogens with zero attached hydrogens (tertiary/aromatic N) is 1. The molecule has 0 atom stereocenters. The van der Waals surface area contributed by atoms with Crippen LogP contribution in [0.3, 0.4) is 0 Å². The SMILES string of the molecule is O=C(NCC1(CO)CC1)c1cccc(-n2cccc2)c1. The number of benzene rings is 1. The van der Waals surface area contributed by atoms with Gasteiger partial charge >= 0.3 is 0 Å². The van der Waals surface area contributed by atoms with Crippen LogP contribution in [0.25, 0.3) is 5.69 Å². The number of hydrogen-bond donors (Lipinski definition) is 2. The maximum absolute atomic E-state index is 12.2. The van der Waals surface area contributed by atoms with Gasteiger partial charge < -0.3 is 15.0 Å². The molecule has 1 saturated carbocycles. The molecule has 20 heavy (non-hydrogen) atoms. The summed E-state index contributed by atoms with van der Waals surface area (Å²) in [5.74, 6) is -0.0845. The van der Waals surface area contributed by atoms with Gasteiger partial charge in [-0.2, -0.15) is 0 Å². The molecule has 4 heteroatoms. The van der Waals surface area contributed by atoms with Crippen molar-refractivity contribution in [1.82, 2.24) is 9.88 Å². The van der Waals surface area contributed by atoms with E-state index in [2.05, 4.69) is 5.32 Å². The first kappa shape index (κ1) is 12.9. The number of amides is 1. The second-order valence-electron chi connectivity index (χ2n) is 5.48. The summed E-state index contributed by atoms with van der Waals surface area (Å²) >= 11 is 0. The third-order valence-electron chi connectivity index (χ3n) is 3.93. The summed E-state index contributed by atoms with van der Waals surface area (Å²) in [6, 6.07) is 11.4. The number of carbonyl (C=O) groups excluding carboxylic acids is 1. The molecule has 1 aliphatic rings. The molecular weight excluding hydrogens is 252 g/mol. The molecule has 1 aromatic carbocycles. The van der Waals surface area contributed by atoms with Gasteiger partial charge in [0.1, 0.15) is 0 Å². The molecule has 0 aliphatic heterocycles. The summed E-state index contributed by atoms with van der Waals surface area (Å²) in [7, 11) is 0. The Morgan fingerprint density at radius 1 is 1.25 bits per heavy atom. The monoisotopic (exact) mass is 270 g/mol. The fraction of sp³-hybridized carbons (Fsp3) is 0.312. The van der Waals surface area contributed by atoms with Gasteiger partial charge in [-0.25, -0.2) is 0 Å². The van der Waals surface area contributed by atoms with E-state index in [1.165, 1.54) is 0 Å². The van der Waals surface area contributed by atoms with Crippen molar-refractivity contribution in [3.8, 4) is 5.69 Å². The smallest absolute Gasteiger partial charge is 0.251 e. The fourth-order valence-electron chi connectivity index (χ4n) is 2.25. The third kappa shape index (κ3) is 2.60. The maximum Gasteiger partial charge on any atom is 0.251 e. The van der Waals surface area contributed by atoms with Gasteiger partial charge in [0.25, 0.3) is 5.91 Å². The number of hydrogen-bond acceptors (Lipinski definition) is 2. The molecule has 2 aromatic rings. The van der Waals surface area contributed by atoms with Crippen LogP contribution in [0.5, 0.6) is 0 Å². The highest BCUT2D eigenvalue weighted by Gasteiger charge is 2.42. The predicted octanol–water partition coefficient (Wildman–Crippen LogP) is 1.98. The van der Waals surface area contributed by atoms with Gasteiger partial charge in [-0.15, -0.1) is 0 Å². The van der Waals surface area contributed by atoms with Crippen molar-refractivity contribution in [3.05, 3.63) is 54.4 Å². The molecule has 3 rings (SSSR count). The van der Waals surface area contributed by atoms with Crippen LogP contribution in [-0.4, -0.2) is 28.7 Å². The molecule has 0 radical (unpaired) electrons. The molecule has 0 spiro atoms. The Balaban J connectivity index is 1.70. The van der Waals surface area contributed by atoms with Crippen molar-refractivity contribution in [2.45, 2.75) is 12.8 Å². The first-order chi connectivity index (χ1) is 9.72. The van der Waals surface area contributed by atoms with Gasteiger partial charge in [0, 0.05) is 35.6 Å². The summed E-state index contributed by atoms with van der Waals surface area (Å²) in [5, 5.41) is 12.2. The predicted molar refractivity (Wildman–Crippen MR) is 76.9 cm³/mol. The summed E-state index contributed by atoms with van der Waals surface area (Å²) in [4.78, 5) is 12.2. The van der Waals surface area contributed by atoms with Crippen LogP contribution >= 0.6 is 0 Å². The number of rotatable bonds is 5. The Kier molecular flexibility index (Phi) is 3.32. The Labute approximate surface area is 118 Å². The van der Waals surface area contributed by atoms with Crippen LogP contribution in [0, 0.1) is 5.41 Å². The first-order valence-corrected chi connectivity index (χ1v) is 6.85. The lowest BCUT2D eigenvalue weighted by Gasteiger charge is -2.13. The first-order valence-electron chi connectivity index (χ1n) is 6.85. The minimum Gasteiger partial charge on any atom is -0.396 e. The van der Waals surface area contributed by atoms with Crippen molar-refractivity contribution in [3.63, 3.8) is 0 Å². The van der Waals surface area contributed by atoms with Gasteiger partial charge in [-0.1, -0.05) is 6.07 Å². The minimum absolute atomic E-state index is 0.0618. The third-order valence-corrected chi connectivity index (χ3v) is 3.93. The van der Waals surface area contributed by atoms with Crippen molar-refractivity contribution in [1.29, 1.82) is 0 Å². The fourth-order valence-corrected chi connectivity index (χ4v) is 2.25. The molecule has 1 heterocycles. The van der Waals surface area contributed by atoms with Crippen molar-refractivity contribution in [2.75, 3.05) is 13.2 Å². The van der Waals surface area contributed by atoms with E-state index in [1.807, 2.05) is 47.3 Å². The van der Waals surface area contributed by atoms with Crippen molar-refractivity contribution in [2.24, 2.45) is 5.41 Å². The second-order valence-corrected chi connectivity index (χ2v) is 5.48. The number of nitrogens with one attached hydrogen (secondary N) is 1. The van der Waals surface area contributed by atoms with Crippen molar-refractivity contribution < 1.29 is 9.90 Å². The zero-order valence-corrected chi connectivity index (χ0v) is 11.2. The molecule has 1 amide bonds. The number of carbonyl (C=O) groups is 1. The number of aliphatic hydroxyl groups is 1. The zero-order valence-electron chi connectivity index (χ0n) is 11.2. The van der Waals surface area contributed by atoms with E-state index in [4.69, 9.17) is 0 Å². The van der Waals surface area contributed by atoms with E-state index in [0.29, 0.717) is 12.1 Å². The largest absolute Gasteiger partial charge is 0.396 e. The van der Waals surface area contributed by atoms with Gasteiger partial charge in [0.05, 0.1) is 6.61 Å². The normalized spacial score (nSPS) is 15.8. The van der Waals surface area contributed by atoms with Crippen LogP contribution < -0.4 is 5.32 Å². The molecule has 2 N–H and O–H groups in total. The Morgan fingerprint density at radius 2 is 2.00 bits per heavy atom. The average Bonchev–Trinajstić information content (AvgIpc) is 3.07. The lowest BCUT2D eigenvalue weighted by atomic mass is 10.1. The molecule has 0 bridgehead atoms. The molecular formula is C16H18N2O2. The maximum atomic E-state index is 12.2. The summed E-state index contributed by atoms with van der Waals surface area (Å²) in [6.07, 6.45) is 5.88. The summed E-state index contributed by atoms with van der Waals surface area (Å²) in [6.45, 7) is 0.701. The van der Waals surface area contributed by atoms with E-state index >= 15 is 0 Å². The van der Waals surface area contributed by atoms with E-state index in [9.17, 15) is 9.90 Å². The lowest BCUT2D eigenvalue weighted by Crippen LogP contribution is -2.31. The van der Waals surface area contributed by atoms with Gasteiger partial charge in [0.15, 0.2) is 0 Å². The Bertz CT molecular complexity index is 601. The standard InChI is InChI=1S/C16H18N2O2/c19-12-16(6-7-16)11-17-15(20)13-4-3-5-14(10-13)18-8-1-2-9-18/h1-5,8-10,19H,6-7,11-12H2,(H,17,20).